The summed E-state index contributed by atoms with van der Waals surface area (Å²) in [6.07, 6.45) is -4.39. The number of rotatable bonds is 2. The van der Waals surface area contributed by atoms with Gasteiger partial charge in [-0.3, -0.25) is 0 Å². The summed E-state index contributed by atoms with van der Waals surface area (Å²) in [5, 5.41) is 3.01. The van der Waals surface area contributed by atoms with Gasteiger partial charge in [-0.1, -0.05) is 15.9 Å². The first-order chi connectivity index (χ1) is 9.27. The fourth-order valence-corrected chi connectivity index (χ4v) is 1.98. The second-order valence-electron chi connectivity index (χ2n) is 4.39. The maximum absolute atomic E-state index is 12.5. The molecule has 3 N–H and O–H groups in total. The molecule has 0 amide bonds. The molecular weight excluding hydrogens is 333 g/mol. The predicted octanol–water partition coefficient (Wildman–Crippen LogP) is 5.10. The molecule has 2 aromatic rings. The van der Waals surface area contributed by atoms with Crippen LogP contribution < -0.4 is 11.1 Å². The van der Waals surface area contributed by atoms with Gasteiger partial charge in [0.25, 0.3) is 0 Å². The van der Waals surface area contributed by atoms with Crippen molar-refractivity contribution >= 4 is 33.0 Å². The summed E-state index contributed by atoms with van der Waals surface area (Å²) < 4.78 is 38.6. The van der Waals surface area contributed by atoms with E-state index in [9.17, 15) is 13.2 Å². The number of nitrogens with two attached hydrogens (primary N) is 1. The molecule has 0 aliphatic carbocycles. The summed E-state index contributed by atoms with van der Waals surface area (Å²) in [5.74, 6) is 0. The lowest BCUT2D eigenvalue weighted by molar-refractivity contribution is -0.137. The Balaban J connectivity index is 2.28. The lowest BCUT2D eigenvalue weighted by Crippen LogP contribution is -2.06. The highest BCUT2D eigenvalue weighted by molar-refractivity contribution is 9.10. The zero-order valence-electron chi connectivity index (χ0n) is 10.6. The van der Waals surface area contributed by atoms with E-state index in [0.29, 0.717) is 5.69 Å². The number of hydrogen-bond donors (Lipinski definition) is 2. The minimum absolute atomic E-state index is 0.0559. The van der Waals surface area contributed by atoms with Gasteiger partial charge in [0.15, 0.2) is 0 Å². The van der Waals surface area contributed by atoms with Gasteiger partial charge in [0.1, 0.15) is 0 Å². The Morgan fingerprint density at radius 2 is 1.80 bits per heavy atom. The fourth-order valence-electron chi connectivity index (χ4n) is 1.73. The van der Waals surface area contributed by atoms with E-state index in [1.807, 2.05) is 25.1 Å². The van der Waals surface area contributed by atoms with Crippen LogP contribution in [-0.2, 0) is 6.18 Å². The highest BCUT2D eigenvalue weighted by atomic mass is 79.9. The van der Waals surface area contributed by atoms with Crippen molar-refractivity contribution in [3.05, 3.63) is 52.0 Å². The number of hydrogen-bond acceptors (Lipinski definition) is 2. The van der Waals surface area contributed by atoms with E-state index in [1.54, 1.807) is 0 Å². The Bertz CT molecular complexity index is 639. The van der Waals surface area contributed by atoms with Crippen LogP contribution in [0, 0.1) is 6.92 Å². The van der Waals surface area contributed by atoms with E-state index in [4.69, 9.17) is 5.73 Å². The van der Waals surface area contributed by atoms with Crippen LogP contribution in [0.4, 0.5) is 30.2 Å². The Kier molecular flexibility index (Phi) is 3.94. The molecule has 0 aliphatic rings. The summed E-state index contributed by atoms with van der Waals surface area (Å²) in [4.78, 5) is 0. The van der Waals surface area contributed by atoms with Crippen LogP contribution >= 0.6 is 15.9 Å². The van der Waals surface area contributed by atoms with E-state index in [1.165, 1.54) is 6.07 Å². The fraction of sp³-hybridized carbons (Fsp3) is 0.143. The number of alkyl halides is 3. The summed E-state index contributed by atoms with van der Waals surface area (Å²) >= 11 is 3.38. The van der Waals surface area contributed by atoms with Gasteiger partial charge in [-0.25, -0.2) is 0 Å². The van der Waals surface area contributed by atoms with Crippen LogP contribution in [0.3, 0.4) is 0 Å². The van der Waals surface area contributed by atoms with E-state index in [0.717, 1.165) is 27.9 Å². The Hall–Kier alpha value is -1.69. The lowest BCUT2D eigenvalue weighted by atomic mass is 10.1. The highest BCUT2D eigenvalue weighted by Crippen LogP contribution is 2.34. The van der Waals surface area contributed by atoms with Gasteiger partial charge < -0.3 is 11.1 Å². The summed E-state index contributed by atoms with van der Waals surface area (Å²) in [5.41, 5.74) is 7.18. The molecule has 6 heteroatoms. The number of aryl methyl sites for hydroxylation is 1. The van der Waals surface area contributed by atoms with Crippen LogP contribution in [0.2, 0.25) is 0 Å². The number of halogens is 4. The Morgan fingerprint density at radius 3 is 2.35 bits per heavy atom. The molecule has 0 saturated carbocycles. The maximum Gasteiger partial charge on any atom is 0.416 e. The van der Waals surface area contributed by atoms with Gasteiger partial charge in [-0.15, -0.1) is 0 Å². The molecule has 2 aromatic carbocycles. The SMILES string of the molecule is Cc1cc(Nc2ccc(C(F)(F)F)cc2N)ccc1Br. The van der Waals surface area contributed by atoms with Crippen LogP contribution in [-0.4, -0.2) is 0 Å². The molecule has 2 rings (SSSR count). The van der Waals surface area contributed by atoms with E-state index >= 15 is 0 Å². The van der Waals surface area contributed by atoms with Crippen molar-refractivity contribution in [2.75, 3.05) is 11.1 Å². The number of nitrogens with one attached hydrogen (secondary N) is 1. The third-order valence-electron chi connectivity index (χ3n) is 2.82. The normalized spacial score (nSPS) is 11.4. The molecule has 0 radical (unpaired) electrons. The Morgan fingerprint density at radius 1 is 1.10 bits per heavy atom. The van der Waals surface area contributed by atoms with Crippen LogP contribution in [0.1, 0.15) is 11.1 Å². The van der Waals surface area contributed by atoms with Gasteiger partial charge in [0.2, 0.25) is 0 Å². The minimum Gasteiger partial charge on any atom is -0.397 e. The largest absolute Gasteiger partial charge is 0.416 e. The van der Waals surface area contributed by atoms with Crippen molar-refractivity contribution in [2.45, 2.75) is 13.1 Å². The first-order valence-corrected chi connectivity index (χ1v) is 6.56. The van der Waals surface area contributed by atoms with Gasteiger partial charge in [-0.2, -0.15) is 13.2 Å². The highest BCUT2D eigenvalue weighted by Gasteiger charge is 2.30. The molecule has 0 aromatic heterocycles. The van der Waals surface area contributed by atoms with E-state index in [-0.39, 0.29) is 5.69 Å². The van der Waals surface area contributed by atoms with Gasteiger partial charge in [0, 0.05) is 10.2 Å². The molecule has 20 heavy (non-hydrogen) atoms. The molecule has 0 bridgehead atoms. The zero-order valence-corrected chi connectivity index (χ0v) is 12.1. The lowest BCUT2D eigenvalue weighted by Gasteiger charge is -2.13. The third kappa shape index (κ3) is 3.25. The predicted molar refractivity (Wildman–Crippen MR) is 78.0 cm³/mol. The molecule has 0 saturated heterocycles. The summed E-state index contributed by atoms with van der Waals surface area (Å²) in [6, 6.07) is 8.81. The first-order valence-electron chi connectivity index (χ1n) is 5.77. The monoisotopic (exact) mass is 344 g/mol. The second-order valence-corrected chi connectivity index (χ2v) is 5.24. The number of nitrogen functional groups attached to an aromatic ring is 1. The van der Waals surface area contributed by atoms with Crippen LogP contribution in [0.15, 0.2) is 40.9 Å². The zero-order chi connectivity index (χ0) is 14.9. The minimum atomic E-state index is -4.39. The average molecular weight is 345 g/mol. The second kappa shape index (κ2) is 5.36. The van der Waals surface area contributed by atoms with Crippen molar-refractivity contribution in [3.63, 3.8) is 0 Å². The summed E-state index contributed by atoms with van der Waals surface area (Å²) in [7, 11) is 0. The Labute approximate surface area is 122 Å². The molecule has 0 heterocycles. The van der Waals surface area contributed by atoms with Gasteiger partial charge >= 0.3 is 6.18 Å². The van der Waals surface area contributed by atoms with Crippen molar-refractivity contribution in [3.8, 4) is 0 Å². The number of anilines is 3. The van der Waals surface area contributed by atoms with Crippen LogP contribution in [0.25, 0.3) is 0 Å². The third-order valence-corrected chi connectivity index (χ3v) is 3.71. The number of benzene rings is 2. The smallest absolute Gasteiger partial charge is 0.397 e. The van der Waals surface area contributed by atoms with Crippen LogP contribution in [0.5, 0.6) is 0 Å². The maximum atomic E-state index is 12.5. The first kappa shape index (κ1) is 14.7. The molecule has 0 unspecified atom stereocenters. The molecule has 106 valence electrons. The van der Waals surface area contributed by atoms with Crippen molar-refractivity contribution in [2.24, 2.45) is 0 Å². The molecule has 0 fully saturated rings. The van der Waals surface area contributed by atoms with Gasteiger partial charge in [0.05, 0.1) is 16.9 Å². The topological polar surface area (TPSA) is 38.0 Å². The van der Waals surface area contributed by atoms with Gasteiger partial charge in [-0.05, 0) is 48.9 Å². The average Bonchev–Trinajstić information content (AvgIpc) is 2.35. The van der Waals surface area contributed by atoms with Crippen molar-refractivity contribution < 1.29 is 13.2 Å². The van der Waals surface area contributed by atoms with E-state index in [2.05, 4.69) is 21.2 Å². The summed E-state index contributed by atoms with van der Waals surface area (Å²) in [6.45, 7) is 1.92. The quantitative estimate of drug-likeness (QED) is 0.743. The molecule has 2 nitrogen and oxygen atoms in total. The molecule has 0 atom stereocenters. The molecular formula is C14H12BrF3N2. The molecule has 0 spiro atoms. The molecule has 0 aliphatic heterocycles. The standard InChI is InChI=1S/C14H12BrF3N2/c1-8-6-10(3-4-11(8)15)20-13-5-2-9(7-12(13)19)14(16,17)18/h2-7,20H,19H2,1H3. The van der Waals surface area contributed by atoms with E-state index < -0.39 is 11.7 Å². The van der Waals surface area contributed by atoms with Crippen molar-refractivity contribution in [1.29, 1.82) is 0 Å². The van der Waals surface area contributed by atoms with Crippen molar-refractivity contribution in [1.82, 2.24) is 0 Å².